The summed E-state index contributed by atoms with van der Waals surface area (Å²) < 4.78 is 5.60. The summed E-state index contributed by atoms with van der Waals surface area (Å²) in [5.41, 5.74) is 0.873. The normalized spacial score (nSPS) is 11.5. The first-order chi connectivity index (χ1) is 7.57. The van der Waals surface area contributed by atoms with Gasteiger partial charge >= 0.3 is 0 Å². The fourth-order valence-electron chi connectivity index (χ4n) is 1.43. The highest BCUT2D eigenvalue weighted by atomic mass is 16.5. The van der Waals surface area contributed by atoms with Gasteiger partial charge in [0, 0.05) is 24.9 Å². The molecule has 90 valence electrons. The lowest BCUT2D eigenvalue weighted by Crippen LogP contribution is -2.33. The molecule has 0 bridgehead atoms. The van der Waals surface area contributed by atoms with E-state index >= 15 is 0 Å². The highest BCUT2D eigenvalue weighted by Gasteiger charge is 2.17. The van der Waals surface area contributed by atoms with Crippen molar-refractivity contribution in [2.24, 2.45) is 0 Å². The van der Waals surface area contributed by atoms with Crippen molar-refractivity contribution in [3.8, 4) is 0 Å². The Morgan fingerprint density at radius 2 is 2.06 bits per heavy atom. The van der Waals surface area contributed by atoms with Gasteiger partial charge in [0.1, 0.15) is 12.1 Å². The summed E-state index contributed by atoms with van der Waals surface area (Å²) in [6, 6.07) is 1.97. The fourth-order valence-corrected chi connectivity index (χ4v) is 1.43. The third-order valence-corrected chi connectivity index (χ3v) is 2.32. The predicted octanol–water partition coefficient (Wildman–Crippen LogP) is 2.27. The maximum absolute atomic E-state index is 5.60. The molecule has 0 aliphatic rings. The summed E-state index contributed by atoms with van der Waals surface area (Å²) in [6.07, 6.45) is 2.51. The minimum Gasteiger partial charge on any atom is -0.374 e. The van der Waals surface area contributed by atoms with Crippen molar-refractivity contribution in [3.63, 3.8) is 0 Å². The lowest BCUT2D eigenvalue weighted by atomic mass is 10.1. The Bertz CT molecular complexity index is 326. The van der Waals surface area contributed by atoms with Gasteiger partial charge in [-0.15, -0.1) is 0 Å². The molecule has 1 N–H and O–H groups in total. The monoisotopic (exact) mass is 223 g/mol. The maximum Gasteiger partial charge on any atom is 0.129 e. The van der Waals surface area contributed by atoms with Crippen LogP contribution in [-0.4, -0.2) is 28.7 Å². The summed E-state index contributed by atoms with van der Waals surface area (Å²) >= 11 is 0. The second-order valence-corrected chi connectivity index (χ2v) is 4.29. The molecule has 0 amide bonds. The molecule has 1 heterocycles. The maximum atomic E-state index is 5.60. The zero-order valence-corrected chi connectivity index (χ0v) is 10.6. The van der Waals surface area contributed by atoms with Crippen LogP contribution in [0.3, 0.4) is 0 Å². The molecule has 0 aromatic carbocycles. The van der Waals surface area contributed by atoms with Crippen LogP contribution in [0.5, 0.6) is 0 Å². The van der Waals surface area contributed by atoms with E-state index in [1.165, 1.54) is 0 Å². The van der Waals surface area contributed by atoms with Crippen LogP contribution in [0.1, 0.15) is 33.4 Å². The number of aromatic nitrogens is 2. The van der Waals surface area contributed by atoms with Crippen LogP contribution < -0.4 is 5.32 Å². The van der Waals surface area contributed by atoms with E-state index in [0.29, 0.717) is 0 Å². The number of anilines is 1. The molecule has 0 unspecified atom stereocenters. The first-order valence-electron chi connectivity index (χ1n) is 5.76. The number of nitrogens with one attached hydrogen (secondary N) is 1. The molecule has 0 atom stereocenters. The zero-order valence-electron chi connectivity index (χ0n) is 10.6. The van der Waals surface area contributed by atoms with Gasteiger partial charge in [-0.25, -0.2) is 9.97 Å². The van der Waals surface area contributed by atoms with Crippen molar-refractivity contribution in [2.75, 3.05) is 18.5 Å². The summed E-state index contributed by atoms with van der Waals surface area (Å²) in [5, 5.41) is 3.27. The molecule has 1 rings (SSSR count). The van der Waals surface area contributed by atoms with Crippen LogP contribution >= 0.6 is 0 Å². The van der Waals surface area contributed by atoms with Crippen molar-refractivity contribution in [2.45, 2.75) is 39.7 Å². The van der Waals surface area contributed by atoms with Gasteiger partial charge in [0.05, 0.1) is 5.60 Å². The van der Waals surface area contributed by atoms with Crippen LogP contribution in [-0.2, 0) is 11.2 Å². The summed E-state index contributed by atoms with van der Waals surface area (Å²) in [4.78, 5) is 8.33. The van der Waals surface area contributed by atoms with Gasteiger partial charge in [-0.3, -0.25) is 0 Å². The fraction of sp³-hybridized carbons (Fsp3) is 0.667. The van der Waals surface area contributed by atoms with Crippen molar-refractivity contribution in [1.82, 2.24) is 9.97 Å². The van der Waals surface area contributed by atoms with Gasteiger partial charge in [-0.1, -0.05) is 6.92 Å². The highest BCUT2D eigenvalue weighted by Crippen LogP contribution is 2.11. The molecular weight excluding hydrogens is 202 g/mol. The van der Waals surface area contributed by atoms with Gasteiger partial charge in [0.15, 0.2) is 0 Å². The van der Waals surface area contributed by atoms with Gasteiger partial charge < -0.3 is 10.1 Å². The van der Waals surface area contributed by atoms with Crippen molar-refractivity contribution < 1.29 is 4.74 Å². The third kappa shape index (κ3) is 4.14. The topological polar surface area (TPSA) is 47.0 Å². The molecule has 0 fully saturated rings. The highest BCUT2D eigenvalue weighted by molar-refractivity contribution is 5.35. The largest absolute Gasteiger partial charge is 0.374 e. The third-order valence-electron chi connectivity index (χ3n) is 2.32. The van der Waals surface area contributed by atoms with Gasteiger partial charge in [-0.2, -0.15) is 0 Å². The van der Waals surface area contributed by atoms with Crippen LogP contribution in [0.4, 0.5) is 5.82 Å². The predicted molar refractivity (Wildman–Crippen MR) is 65.6 cm³/mol. The van der Waals surface area contributed by atoms with Gasteiger partial charge in [0.2, 0.25) is 0 Å². The smallest absolute Gasteiger partial charge is 0.129 e. The average Bonchev–Trinajstić information content (AvgIpc) is 2.27. The molecule has 4 nitrogen and oxygen atoms in total. The Morgan fingerprint density at radius 1 is 1.31 bits per heavy atom. The molecule has 0 spiro atoms. The van der Waals surface area contributed by atoms with E-state index in [1.54, 1.807) is 6.33 Å². The first-order valence-corrected chi connectivity index (χ1v) is 5.76. The second kappa shape index (κ2) is 5.80. The zero-order chi connectivity index (χ0) is 12.0. The number of nitrogens with zero attached hydrogens (tertiary/aromatic N) is 2. The number of aryl methyl sites for hydroxylation is 1. The molecule has 1 aromatic rings. The van der Waals surface area contributed by atoms with Crippen LogP contribution in [0.25, 0.3) is 0 Å². The Hall–Kier alpha value is -1.16. The second-order valence-electron chi connectivity index (χ2n) is 4.29. The molecule has 4 heteroatoms. The van der Waals surface area contributed by atoms with E-state index < -0.39 is 0 Å². The van der Waals surface area contributed by atoms with Crippen LogP contribution in [0.15, 0.2) is 12.4 Å². The average molecular weight is 223 g/mol. The molecule has 0 radical (unpaired) electrons. The number of hydrogen-bond donors (Lipinski definition) is 1. The Morgan fingerprint density at radius 3 is 2.69 bits per heavy atom. The van der Waals surface area contributed by atoms with Gasteiger partial charge in [-0.05, 0) is 27.2 Å². The summed E-state index contributed by atoms with van der Waals surface area (Å²) in [5.74, 6) is 0.861. The molecule has 0 aliphatic carbocycles. The minimum atomic E-state index is -0.175. The number of ether oxygens (including phenoxy) is 1. The van der Waals surface area contributed by atoms with E-state index in [2.05, 4.69) is 36.1 Å². The lowest BCUT2D eigenvalue weighted by Gasteiger charge is -2.25. The quantitative estimate of drug-likeness (QED) is 0.803. The molecular formula is C12H21N3O. The lowest BCUT2D eigenvalue weighted by molar-refractivity contribution is 0.000639. The van der Waals surface area contributed by atoms with Crippen molar-refractivity contribution in [3.05, 3.63) is 18.1 Å². The summed E-state index contributed by atoms with van der Waals surface area (Å²) in [6.45, 7) is 9.66. The standard InChI is InChI=1S/C12H21N3O/c1-5-10-7-11(15-9-14-10)13-8-12(3,4)16-6-2/h7,9H,5-6,8H2,1-4H3,(H,13,14,15). The van der Waals surface area contributed by atoms with Crippen molar-refractivity contribution >= 4 is 5.82 Å². The minimum absolute atomic E-state index is 0.175. The van der Waals surface area contributed by atoms with Crippen LogP contribution in [0, 0.1) is 0 Å². The molecule has 0 aliphatic heterocycles. The molecule has 0 saturated heterocycles. The SMILES string of the molecule is CCOC(C)(C)CNc1cc(CC)ncn1. The molecule has 1 aromatic heterocycles. The molecule has 16 heavy (non-hydrogen) atoms. The van der Waals surface area contributed by atoms with E-state index in [1.807, 2.05) is 13.0 Å². The van der Waals surface area contributed by atoms with Gasteiger partial charge in [0.25, 0.3) is 0 Å². The Balaban J connectivity index is 2.53. The van der Waals surface area contributed by atoms with E-state index in [4.69, 9.17) is 4.74 Å². The van der Waals surface area contributed by atoms with Crippen LogP contribution in [0.2, 0.25) is 0 Å². The number of rotatable bonds is 6. The number of hydrogen-bond acceptors (Lipinski definition) is 4. The molecule has 0 saturated carbocycles. The first kappa shape index (κ1) is 12.9. The summed E-state index contributed by atoms with van der Waals surface area (Å²) in [7, 11) is 0. The Labute approximate surface area is 97.5 Å². The van der Waals surface area contributed by atoms with E-state index in [9.17, 15) is 0 Å². The van der Waals surface area contributed by atoms with E-state index in [0.717, 1.165) is 31.1 Å². The Kier molecular flexibility index (Phi) is 4.68. The van der Waals surface area contributed by atoms with Crippen molar-refractivity contribution in [1.29, 1.82) is 0 Å². The van der Waals surface area contributed by atoms with E-state index in [-0.39, 0.29) is 5.60 Å².